The molecule has 0 amide bonds. The van der Waals surface area contributed by atoms with Crippen LogP contribution < -0.4 is 0 Å². The van der Waals surface area contributed by atoms with E-state index in [2.05, 4.69) is 16.3 Å². The van der Waals surface area contributed by atoms with Crippen molar-refractivity contribution in [3.63, 3.8) is 0 Å². The third-order valence-corrected chi connectivity index (χ3v) is 3.67. The van der Waals surface area contributed by atoms with Crippen LogP contribution in [0.4, 0.5) is 4.39 Å². The molecule has 7 heteroatoms. The van der Waals surface area contributed by atoms with Crippen LogP contribution in [0.5, 0.6) is 0 Å². The Hall–Kier alpha value is -2.38. The SMILES string of the molecule is N#CCC[C@@H](C#N)CSc1nnc(-c2ccc(F)cc2)o1. The lowest BCUT2D eigenvalue weighted by molar-refractivity contribution is 0.465. The number of nitrogens with zero attached hydrogens (tertiary/aromatic N) is 4. The standard InChI is InChI=1S/C14H11FN4OS/c15-12-5-3-11(4-6-12)13-18-19-14(20-13)21-9-10(8-17)2-1-7-16/h3-6,10H,1-2,9H2/t10-/m0/s1. The summed E-state index contributed by atoms with van der Waals surface area (Å²) in [4.78, 5) is 0. The molecule has 1 aromatic carbocycles. The van der Waals surface area contributed by atoms with E-state index in [1.54, 1.807) is 12.1 Å². The number of thioether (sulfide) groups is 1. The maximum absolute atomic E-state index is 12.8. The van der Waals surface area contributed by atoms with Crippen molar-refractivity contribution in [3.05, 3.63) is 30.1 Å². The zero-order valence-corrected chi connectivity index (χ0v) is 11.8. The summed E-state index contributed by atoms with van der Waals surface area (Å²) in [7, 11) is 0. The normalized spacial score (nSPS) is 11.6. The second kappa shape index (κ2) is 7.41. The Morgan fingerprint density at radius 2 is 2.00 bits per heavy atom. The topological polar surface area (TPSA) is 86.5 Å². The van der Waals surface area contributed by atoms with Gasteiger partial charge >= 0.3 is 0 Å². The first-order valence-corrected chi connectivity index (χ1v) is 7.20. The molecule has 1 heterocycles. The van der Waals surface area contributed by atoms with Crippen LogP contribution in [0.15, 0.2) is 33.9 Å². The summed E-state index contributed by atoms with van der Waals surface area (Å²) < 4.78 is 18.3. The van der Waals surface area contributed by atoms with Crippen LogP contribution in [0.25, 0.3) is 11.5 Å². The molecule has 0 radical (unpaired) electrons. The van der Waals surface area contributed by atoms with Gasteiger partial charge in [-0.15, -0.1) is 10.2 Å². The van der Waals surface area contributed by atoms with Crippen LogP contribution in [-0.2, 0) is 0 Å². The van der Waals surface area contributed by atoms with Crippen molar-refractivity contribution in [2.75, 3.05) is 5.75 Å². The lowest BCUT2D eigenvalue weighted by Gasteiger charge is -2.02. The van der Waals surface area contributed by atoms with Crippen molar-refractivity contribution in [3.8, 4) is 23.6 Å². The monoisotopic (exact) mass is 302 g/mol. The number of nitriles is 2. The molecule has 5 nitrogen and oxygen atoms in total. The molecule has 0 unspecified atom stereocenters. The highest BCUT2D eigenvalue weighted by atomic mass is 32.2. The van der Waals surface area contributed by atoms with E-state index in [1.807, 2.05) is 6.07 Å². The number of aromatic nitrogens is 2. The van der Waals surface area contributed by atoms with Gasteiger partial charge in [-0.25, -0.2) is 4.39 Å². The highest BCUT2D eigenvalue weighted by molar-refractivity contribution is 7.99. The molecule has 0 aliphatic rings. The van der Waals surface area contributed by atoms with Gasteiger partial charge < -0.3 is 4.42 Å². The van der Waals surface area contributed by atoms with E-state index < -0.39 is 0 Å². The van der Waals surface area contributed by atoms with Gasteiger partial charge in [0.2, 0.25) is 5.89 Å². The van der Waals surface area contributed by atoms with Crippen molar-refractivity contribution in [2.24, 2.45) is 5.92 Å². The third-order valence-electron chi connectivity index (χ3n) is 2.69. The number of hydrogen-bond acceptors (Lipinski definition) is 6. The first-order chi connectivity index (χ1) is 10.2. The molecule has 21 heavy (non-hydrogen) atoms. The van der Waals surface area contributed by atoms with E-state index in [1.165, 1.54) is 23.9 Å². The van der Waals surface area contributed by atoms with E-state index in [9.17, 15) is 4.39 Å². The molecule has 0 fully saturated rings. The second-order valence-corrected chi connectivity index (χ2v) is 5.19. The van der Waals surface area contributed by atoms with Gasteiger partial charge in [-0.3, -0.25) is 0 Å². The lowest BCUT2D eigenvalue weighted by Crippen LogP contribution is -1.99. The molecule has 0 aliphatic heterocycles. The van der Waals surface area contributed by atoms with Gasteiger partial charge in [-0.05, 0) is 30.7 Å². The summed E-state index contributed by atoms with van der Waals surface area (Å²) in [6, 6.07) is 9.92. The number of hydrogen-bond donors (Lipinski definition) is 0. The zero-order valence-electron chi connectivity index (χ0n) is 11.0. The van der Waals surface area contributed by atoms with Crippen molar-refractivity contribution >= 4 is 11.8 Å². The summed E-state index contributed by atoms with van der Waals surface area (Å²) >= 11 is 1.28. The van der Waals surface area contributed by atoms with E-state index >= 15 is 0 Å². The van der Waals surface area contributed by atoms with Gasteiger partial charge in [0.1, 0.15) is 5.82 Å². The molecular formula is C14H11FN4OS. The van der Waals surface area contributed by atoms with Crippen molar-refractivity contribution in [1.82, 2.24) is 10.2 Å². The van der Waals surface area contributed by atoms with E-state index in [-0.39, 0.29) is 11.7 Å². The smallest absolute Gasteiger partial charge is 0.276 e. The minimum Gasteiger partial charge on any atom is -0.411 e. The van der Waals surface area contributed by atoms with Gasteiger partial charge in [-0.2, -0.15) is 10.5 Å². The predicted molar refractivity (Wildman–Crippen MR) is 74.4 cm³/mol. The molecular weight excluding hydrogens is 291 g/mol. The Morgan fingerprint density at radius 3 is 2.67 bits per heavy atom. The first kappa shape index (κ1) is 15.0. The third kappa shape index (κ3) is 4.30. The van der Waals surface area contributed by atoms with Crippen LogP contribution in [0, 0.1) is 34.4 Å². The van der Waals surface area contributed by atoms with Crippen molar-refractivity contribution in [2.45, 2.75) is 18.1 Å². The molecule has 0 bridgehead atoms. The zero-order chi connectivity index (χ0) is 15.1. The maximum Gasteiger partial charge on any atom is 0.276 e. The molecule has 0 spiro atoms. The van der Waals surface area contributed by atoms with Crippen LogP contribution in [0.1, 0.15) is 12.8 Å². The number of rotatable bonds is 6. The van der Waals surface area contributed by atoms with E-state index in [0.717, 1.165) is 0 Å². The fourth-order valence-corrected chi connectivity index (χ4v) is 2.39. The molecule has 0 aliphatic carbocycles. The highest BCUT2D eigenvalue weighted by Crippen LogP contribution is 2.25. The molecule has 2 aromatic rings. The average Bonchev–Trinajstić information content (AvgIpc) is 2.97. The first-order valence-electron chi connectivity index (χ1n) is 6.21. The average molecular weight is 302 g/mol. The lowest BCUT2D eigenvalue weighted by atomic mass is 10.1. The summed E-state index contributed by atoms with van der Waals surface area (Å²) in [6.07, 6.45) is 0.877. The van der Waals surface area contributed by atoms with Crippen LogP contribution in [0.3, 0.4) is 0 Å². The Labute approximate surface area is 125 Å². The molecule has 1 aromatic heterocycles. The van der Waals surface area contributed by atoms with Crippen LogP contribution >= 0.6 is 11.8 Å². The van der Waals surface area contributed by atoms with Gasteiger partial charge in [0, 0.05) is 17.7 Å². The largest absolute Gasteiger partial charge is 0.411 e. The minimum absolute atomic E-state index is 0.226. The predicted octanol–water partition coefficient (Wildman–Crippen LogP) is 3.41. The number of benzene rings is 1. The molecule has 0 saturated carbocycles. The van der Waals surface area contributed by atoms with Gasteiger partial charge in [0.25, 0.3) is 5.22 Å². The summed E-state index contributed by atoms with van der Waals surface area (Å²) in [5, 5.41) is 25.6. The molecule has 0 saturated heterocycles. The van der Waals surface area contributed by atoms with Crippen LogP contribution in [-0.4, -0.2) is 16.0 Å². The Morgan fingerprint density at radius 1 is 1.24 bits per heavy atom. The van der Waals surface area contributed by atoms with Gasteiger partial charge in [0.05, 0.1) is 18.1 Å². The molecule has 1 atom stereocenters. The number of halogens is 1. The summed E-state index contributed by atoms with van der Waals surface area (Å²) in [5.74, 6) is 0.240. The van der Waals surface area contributed by atoms with Gasteiger partial charge in [-0.1, -0.05) is 11.8 Å². The van der Waals surface area contributed by atoms with Crippen LogP contribution in [0.2, 0.25) is 0 Å². The highest BCUT2D eigenvalue weighted by Gasteiger charge is 2.13. The van der Waals surface area contributed by atoms with E-state index in [0.29, 0.717) is 35.3 Å². The second-order valence-electron chi connectivity index (χ2n) is 4.21. The quantitative estimate of drug-likeness (QED) is 0.760. The maximum atomic E-state index is 12.8. The fraction of sp³-hybridized carbons (Fsp3) is 0.286. The van der Waals surface area contributed by atoms with Crippen molar-refractivity contribution < 1.29 is 8.81 Å². The summed E-state index contributed by atoms with van der Waals surface area (Å²) in [6.45, 7) is 0. The molecule has 2 rings (SSSR count). The summed E-state index contributed by atoms with van der Waals surface area (Å²) in [5.41, 5.74) is 0.636. The van der Waals surface area contributed by atoms with Crippen molar-refractivity contribution in [1.29, 1.82) is 10.5 Å². The van der Waals surface area contributed by atoms with E-state index in [4.69, 9.17) is 14.9 Å². The minimum atomic E-state index is -0.331. The molecule has 0 N–H and O–H groups in total. The fourth-order valence-electron chi connectivity index (χ4n) is 1.57. The Bertz CT molecular complexity index is 672. The Balaban J connectivity index is 1.96. The van der Waals surface area contributed by atoms with Gasteiger partial charge in [0.15, 0.2) is 0 Å². The Kier molecular flexibility index (Phi) is 5.30. The molecule has 106 valence electrons.